The van der Waals surface area contributed by atoms with Crippen LogP contribution in [0.3, 0.4) is 0 Å². The van der Waals surface area contributed by atoms with E-state index in [1.807, 2.05) is 24.3 Å². The Bertz CT molecular complexity index is 2030. The molecule has 2 aliphatic heterocycles. The number of carbonyl (C=O) groups is 6. The number of carbonyl (C=O) groups excluding carboxylic acids is 6. The minimum absolute atomic E-state index is 0.0541. The smallest absolute Gasteiger partial charge is 0.317 e. The van der Waals surface area contributed by atoms with Crippen molar-refractivity contribution in [1.29, 1.82) is 0 Å². The number of ether oxygens (including phenoxy) is 2. The van der Waals surface area contributed by atoms with Crippen molar-refractivity contribution in [3.63, 3.8) is 0 Å². The fourth-order valence-electron chi connectivity index (χ4n) is 9.73. The number of rotatable bonds is 14. The lowest BCUT2D eigenvalue weighted by molar-refractivity contribution is -0.182. The van der Waals surface area contributed by atoms with E-state index in [2.05, 4.69) is 93.1 Å². The molecule has 67 heavy (non-hydrogen) atoms. The van der Waals surface area contributed by atoms with E-state index in [9.17, 15) is 28.8 Å². The molecule has 4 aromatic carbocycles. The number of Topliss-reactive ketones (excluding diaryl/α,β-unsaturated/α-hetero) is 4. The van der Waals surface area contributed by atoms with Crippen molar-refractivity contribution >= 4 is 35.1 Å². The first-order chi connectivity index (χ1) is 31.7. The molecule has 2 saturated heterocycles. The van der Waals surface area contributed by atoms with Crippen molar-refractivity contribution in [1.82, 2.24) is 9.80 Å². The number of likely N-dealkylation sites (tertiary alicyclic amines) is 2. The molecule has 2 aliphatic rings. The van der Waals surface area contributed by atoms with Crippen LogP contribution >= 0.6 is 0 Å². The van der Waals surface area contributed by atoms with E-state index in [0.29, 0.717) is 22.3 Å². The van der Waals surface area contributed by atoms with Crippen molar-refractivity contribution in [3.05, 3.63) is 144 Å². The molecule has 8 unspecified atom stereocenters. The van der Waals surface area contributed by atoms with Crippen molar-refractivity contribution in [3.8, 4) is 0 Å². The molecule has 0 bridgehead atoms. The first-order valence-corrected chi connectivity index (χ1v) is 23.9. The van der Waals surface area contributed by atoms with Gasteiger partial charge in [-0.15, -0.1) is 0 Å². The zero-order valence-corrected chi connectivity index (χ0v) is 42.0. The number of hydrogen-bond acceptors (Lipinski definition) is 10. The highest BCUT2D eigenvalue weighted by molar-refractivity contribution is 6.49. The molecule has 8 atom stereocenters. The Morgan fingerprint density at radius 2 is 0.687 bits per heavy atom. The summed E-state index contributed by atoms with van der Waals surface area (Å²) >= 11 is 0. The van der Waals surface area contributed by atoms with Gasteiger partial charge in [0.2, 0.25) is 23.1 Å². The third-order valence-corrected chi connectivity index (χ3v) is 15.9. The number of nitrogens with zero attached hydrogens (tertiary/aromatic N) is 2. The van der Waals surface area contributed by atoms with Crippen LogP contribution in [0.25, 0.3) is 0 Å². The molecule has 0 saturated carbocycles. The molecular weight excluding hydrogens is 841 g/mol. The molecule has 0 aromatic heterocycles. The molecule has 10 heteroatoms. The summed E-state index contributed by atoms with van der Waals surface area (Å²) in [4.78, 5) is 78.0. The van der Waals surface area contributed by atoms with Gasteiger partial charge in [-0.25, -0.2) is 0 Å². The third kappa shape index (κ3) is 12.5. The van der Waals surface area contributed by atoms with E-state index in [0.717, 1.165) is 38.5 Å². The highest BCUT2D eigenvalue weighted by Crippen LogP contribution is 2.47. The Morgan fingerprint density at radius 3 is 0.896 bits per heavy atom. The molecular formula is C57H74N2O8. The minimum Gasteiger partial charge on any atom is -0.462 e. The maximum atomic E-state index is 12.9. The molecule has 6 rings (SSSR count). The van der Waals surface area contributed by atoms with Crippen molar-refractivity contribution < 1.29 is 38.2 Å². The van der Waals surface area contributed by atoms with Gasteiger partial charge in [-0.2, -0.15) is 0 Å². The minimum atomic E-state index is -0.467. The summed E-state index contributed by atoms with van der Waals surface area (Å²) in [7, 11) is 4.38. The Labute approximate surface area is 399 Å². The largest absolute Gasteiger partial charge is 0.462 e. The van der Waals surface area contributed by atoms with Gasteiger partial charge < -0.3 is 9.47 Å². The standard InChI is InChI=1S/C29H54N2O4.2C14H10O2/c1-13-26(7)18-22(20(5)28(9,15-3)30(26)11)34-24(32)17-25(33)35-23-19-27(8,14-2)31(12)29(10,16-4)21(23)6;2*15-13(11-7-3-1-4-8-11)14(16)12-9-5-2-6-10-12/h20-23H,13-19H2,1-12H3;2*1-10H. The molecule has 0 spiro atoms. The van der Waals surface area contributed by atoms with Crippen molar-refractivity contribution in [2.45, 2.75) is 149 Å². The zero-order valence-electron chi connectivity index (χ0n) is 42.0. The van der Waals surface area contributed by atoms with Crippen LogP contribution in [-0.4, -0.2) is 93.3 Å². The van der Waals surface area contributed by atoms with Gasteiger partial charge in [0.25, 0.3) is 0 Å². The Kier molecular flexibility index (Phi) is 18.9. The van der Waals surface area contributed by atoms with Gasteiger partial charge in [0, 0.05) is 69.1 Å². The second-order valence-corrected chi connectivity index (χ2v) is 19.2. The van der Waals surface area contributed by atoms with Crippen LogP contribution in [-0.2, 0) is 19.1 Å². The fourth-order valence-corrected chi connectivity index (χ4v) is 9.73. The van der Waals surface area contributed by atoms with Crippen LogP contribution < -0.4 is 0 Å². The lowest BCUT2D eigenvalue weighted by Crippen LogP contribution is -2.66. The monoisotopic (exact) mass is 915 g/mol. The molecule has 360 valence electrons. The van der Waals surface area contributed by atoms with Gasteiger partial charge in [0.15, 0.2) is 0 Å². The predicted octanol–water partition coefficient (Wildman–Crippen LogP) is 11.3. The van der Waals surface area contributed by atoms with E-state index in [1.54, 1.807) is 97.1 Å². The average Bonchev–Trinajstić information content (AvgIpc) is 3.36. The first kappa shape index (κ1) is 54.0. The molecule has 0 amide bonds. The number of esters is 2. The highest BCUT2D eigenvalue weighted by Gasteiger charge is 2.53. The molecule has 4 aromatic rings. The first-order valence-electron chi connectivity index (χ1n) is 23.9. The van der Waals surface area contributed by atoms with E-state index < -0.39 is 35.1 Å². The van der Waals surface area contributed by atoms with Crippen LogP contribution in [0.1, 0.15) is 156 Å². The third-order valence-electron chi connectivity index (χ3n) is 15.9. The molecule has 0 N–H and O–H groups in total. The van der Waals surface area contributed by atoms with Crippen LogP contribution in [0.15, 0.2) is 121 Å². The van der Waals surface area contributed by atoms with Gasteiger partial charge in [0.05, 0.1) is 0 Å². The lowest BCUT2D eigenvalue weighted by atomic mass is 9.68. The van der Waals surface area contributed by atoms with E-state index >= 15 is 0 Å². The summed E-state index contributed by atoms with van der Waals surface area (Å²) in [6.07, 6.45) is 4.68. The van der Waals surface area contributed by atoms with E-state index in [1.165, 1.54) is 0 Å². The molecule has 0 radical (unpaired) electrons. The summed E-state index contributed by atoms with van der Waals surface area (Å²) in [5, 5.41) is 0. The zero-order chi connectivity index (χ0) is 49.7. The maximum absolute atomic E-state index is 12.9. The van der Waals surface area contributed by atoms with E-state index in [-0.39, 0.29) is 52.6 Å². The molecule has 10 nitrogen and oxygen atoms in total. The second kappa shape index (κ2) is 23.4. The number of benzene rings is 4. The summed E-state index contributed by atoms with van der Waals surface area (Å²) in [6.45, 7) is 22.1. The van der Waals surface area contributed by atoms with E-state index in [4.69, 9.17) is 9.47 Å². The van der Waals surface area contributed by atoms with Gasteiger partial charge in [-0.1, -0.05) is 163 Å². The van der Waals surface area contributed by atoms with Crippen LogP contribution in [0.2, 0.25) is 0 Å². The van der Waals surface area contributed by atoms with Crippen LogP contribution in [0.5, 0.6) is 0 Å². The average molecular weight is 915 g/mol. The summed E-state index contributed by atoms with van der Waals surface area (Å²) < 4.78 is 12.0. The molecule has 0 aliphatic carbocycles. The number of hydrogen-bond donors (Lipinski definition) is 0. The normalized spacial score (nSPS) is 27.2. The number of ketones is 4. The van der Waals surface area contributed by atoms with Gasteiger partial charge >= 0.3 is 11.9 Å². The topological polar surface area (TPSA) is 127 Å². The summed E-state index contributed by atoms with van der Waals surface area (Å²) in [6, 6.07) is 34.3. The predicted molar refractivity (Wildman–Crippen MR) is 265 cm³/mol. The highest BCUT2D eigenvalue weighted by atomic mass is 16.6. The quantitative estimate of drug-likeness (QED) is 0.0522. The van der Waals surface area contributed by atoms with Crippen LogP contribution in [0.4, 0.5) is 0 Å². The second-order valence-electron chi connectivity index (χ2n) is 19.2. The fraction of sp³-hybridized carbons (Fsp3) is 0.474. The summed E-state index contributed by atoms with van der Waals surface area (Å²) in [5.41, 5.74) is 1.45. The van der Waals surface area contributed by atoms with Gasteiger partial charge in [-0.05, 0) is 67.5 Å². The Hall–Kier alpha value is -5.58. The summed E-state index contributed by atoms with van der Waals surface area (Å²) in [5.74, 6) is -2.46. The maximum Gasteiger partial charge on any atom is 0.317 e. The Morgan fingerprint density at radius 1 is 0.448 bits per heavy atom. The molecule has 2 heterocycles. The number of piperidine rings is 2. The van der Waals surface area contributed by atoms with Gasteiger partial charge in [-0.3, -0.25) is 38.6 Å². The van der Waals surface area contributed by atoms with Gasteiger partial charge in [0.1, 0.15) is 18.6 Å². The van der Waals surface area contributed by atoms with Crippen molar-refractivity contribution in [2.24, 2.45) is 11.8 Å². The molecule has 2 fully saturated rings. The SMILES string of the molecule is CCC1(C)CC(OC(=O)CC(=O)OC2CC(C)(CC)N(C)C(C)(CC)C2C)C(C)C(C)(CC)N1C.O=C(C(=O)c1ccccc1)c1ccccc1.O=C(C(=O)c1ccccc1)c1ccccc1. The lowest BCUT2D eigenvalue weighted by Gasteiger charge is -2.59. The van der Waals surface area contributed by atoms with Crippen molar-refractivity contribution in [2.75, 3.05) is 14.1 Å². The van der Waals surface area contributed by atoms with Crippen LogP contribution in [0, 0.1) is 11.8 Å². The Balaban J connectivity index is 0.000000251.